The van der Waals surface area contributed by atoms with Gasteiger partial charge in [-0.05, 0) is 43.4 Å². The Balaban J connectivity index is 1.47. The highest BCUT2D eigenvalue weighted by atomic mass is 16.3. The Bertz CT molecular complexity index is 900. The third-order valence-electron chi connectivity index (χ3n) is 4.64. The van der Waals surface area contributed by atoms with Gasteiger partial charge < -0.3 is 19.5 Å². The number of amides is 1. The second kappa shape index (κ2) is 7.59. The number of furan rings is 1. The molecule has 1 aliphatic rings. The Morgan fingerprint density at radius 3 is 2.59 bits per heavy atom. The van der Waals surface area contributed by atoms with Crippen molar-refractivity contribution in [3.8, 4) is 11.3 Å². The summed E-state index contributed by atoms with van der Waals surface area (Å²) in [6.07, 6.45) is 1.48. The fourth-order valence-electron chi connectivity index (χ4n) is 3.04. The zero-order valence-corrected chi connectivity index (χ0v) is 15.1. The maximum atomic E-state index is 12.1. The zero-order chi connectivity index (χ0) is 18.6. The molecule has 1 amide bonds. The lowest BCUT2D eigenvalue weighted by atomic mass is 10.1. The molecule has 0 atom stereocenters. The molecule has 0 aliphatic carbocycles. The van der Waals surface area contributed by atoms with E-state index in [1.54, 1.807) is 12.1 Å². The summed E-state index contributed by atoms with van der Waals surface area (Å²) in [7, 11) is 2.13. The molecule has 27 heavy (non-hydrogen) atoms. The van der Waals surface area contributed by atoms with Gasteiger partial charge in [-0.2, -0.15) is 0 Å². The first-order valence-corrected chi connectivity index (χ1v) is 8.91. The van der Waals surface area contributed by atoms with Gasteiger partial charge in [0, 0.05) is 37.4 Å². The molecule has 138 valence electrons. The number of hydrogen-bond donors (Lipinski definition) is 1. The van der Waals surface area contributed by atoms with Crippen molar-refractivity contribution in [2.75, 3.05) is 43.4 Å². The lowest BCUT2D eigenvalue weighted by Gasteiger charge is -2.32. The molecule has 4 rings (SSSR count). The standard InChI is InChI=1S/C20H21N5O2/c1-24-9-11-25(12-10-24)19-8-7-17(22-23-19)15-4-2-5-16(14-15)21-20(26)18-6-3-13-27-18/h2-8,13-14H,9-12H2,1H3,(H,21,26). The van der Waals surface area contributed by atoms with Crippen LogP contribution in [-0.4, -0.2) is 54.2 Å². The SMILES string of the molecule is CN1CCN(c2ccc(-c3cccc(NC(=O)c4ccco4)c3)nn2)CC1. The average Bonchev–Trinajstić information content (AvgIpc) is 3.24. The molecule has 0 radical (unpaired) electrons. The van der Waals surface area contributed by atoms with E-state index in [1.165, 1.54) is 6.26 Å². The van der Waals surface area contributed by atoms with Crippen molar-refractivity contribution in [3.05, 3.63) is 60.6 Å². The fourth-order valence-corrected chi connectivity index (χ4v) is 3.04. The smallest absolute Gasteiger partial charge is 0.291 e. The average molecular weight is 363 g/mol. The summed E-state index contributed by atoms with van der Waals surface area (Å²) in [5.41, 5.74) is 2.34. The number of carbonyl (C=O) groups excluding carboxylic acids is 1. The predicted molar refractivity (Wildman–Crippen MR) is 104 cm³/mol. The molecule has 1 aromatic carbocycles. The number of benzene rings is 1. The molecule has 0 spiro atoms. The van der Waals surface area contributed by atoms with Crippen molar-refractivity contribution < 1.29 is 9.21 Å². The molecule has 1 N–H and O–H groups in total. The predicted octanol–water partition coefficient (Wildman–Crippen LogP) is 2.74. The first-order chi connectivity index (χ1) is 13.2. The summed E-state index contributed by atoms with van der Waals surface area (Å²) < 4.78 is 5.12. The quantitative estimate of drug-likeness (QED) is 0.768. The molecule has 2 aromatic heterocycles. The second-order valence-electron chi connectivity index (χ2n) is 6.58. The van der Waals surface area contributed by atoms with Gasteiger partial charge in [-0.15, -0.1) is 10.2 Å². The van der Waals surface area contributed by atoms with Gasteiger partial charge in [0.05, 0.1) is 12.0 Å². The summed E-state index contributed by atoms with van der Waals surface area (Å²) in [5, 5.41) is 11.6. The number of nitrogens with zero attached hydrogens (tertiary/aromatic N) is 4. The summed E-state index contributed by atoms with van der Waals surface area (Å²) in [6.45, 7) is 3.97. The first-order valence-electron chi connectivity index (χ1n) is 8.91. The number of likely N-dealkylation sites (N-methyl/N-ethyl adjacent to an activating group) is 1. The van der Waals surface area contributed by atoms with Crippen LogP contribution in [-0.2, 0) is 0 Å². The van der Waals surface area contributed by atoms with Gasteiger partial charge in [0.25, 0.3) is 5.91 Å². The Hall–Kier alpha value is -3.19. The highest BCUT2D eigenvalue weighted by Crippen LogP contribution is 2.22. The van der Waals surface area contributed by atoms with E-state index in [1.807, 2.05) is 36.4 Å². The Morgan fingerprint density at radius 2 is 1.89 bits per heavy atom. The van der Waals surface area contributed by atoms with Gasteiger partial charge in [0.2, 0.25) is 0 Å². The van der Waals surface area contributed by atoms with E-state index in [4.69, 9.17) is 4.42 Å². The maximum absolute atomic E-state index is 12.1. The van der Waals surface area contributed by atoms with Crippen LogP contribution >= 0.6 is 0 Å². The van der Waals surface area contributed by atoms with Crippen LogP contribution < -0.4 is 10.2 Å². The number of piperazine rings is 1. The molecular weight excluding hydrogens is 342 g/mol. The van der Waals surface area contributed by atoms with E-state index in [-0.39, 0.29) is 11.7 Å². The Labute approximate surface area is 157 Å². The van der Waals surface area contributed by atoms with Crippen molar-refractivity contribution in [2.45, 2.75) is 0 Å². The summed E-state index contributed by atoms with van der Waals surface area (Å²) >= 11 is 0. The lowest BCUT2D eigenvalue weighted by molar-refractivity contribution is 0.0996. The third-order valence-corrected chi connectivity index (χ3v) is 4.64. The third kappa shape index (κ3) is 3.98. The van der Waals surface area contributed by atoms with E-state index < -0.39 is 0 Å². The van der Waals surface area contributed by atoms with Crippen LogP contribution in [0.4, 0.5) is 11.5 Å². The normalized spacial score (nSPS) is 14.9. The van der Waals surface area contributed by atoms with Crippen molar-refractivity contribution in [2.24, 2.45) is 0 Å². The van der Waals surface area contributed by atoms with Gasteiger partial charge in [-0.1, -0.05) is 12.1 Å². The number of hydrogen-bond acceptors (Lipinski definition) is 6. The monoisotopic (exact) mass is 363 g/mol. The van der Waals surface area contributed by atoms with E-state index in [0.29, 0.717) is 5.69 Å². The van der Waals surface area contributed by atoms with Crippen LogP contribution in [0.5, 0.6) is 0 Å². The molecule has 1 fully saturated rings. The molecule has 3 heterocycles. The van der Waals surface area contributed by atoms with Crippen LogP contribution in [0.15, 0.2) is 59.2 Å². The molecule has 3 aromatic rings. The fraction of sp³-hybridized carbons (Fsp3) is 0.250. The molecule has 1 saturated heterocycles. The second-order valence-corrected chi connectivity index (χ2v) is 6.58. The molecule has 7 heteroatoms. The number of aromatic nitrogens is 2. The van der Waals surface area contributed by atoms with Crippen molar-refractivity contribution >= 4 is 17.4 Å². The van der Waals surface area contributed by atoms with Gasteiger partial charge in [-0.3, -0.25) is 4.79 Å². The molecule has 1 aliphatic heterocycles. The van der Waals surface area contributed by atoms with Gasteiger partial charge in [0.1, 0.15) is 0 Å². The van der Waals surface area contributed by atoms with Crippen molar-refractivity contribution in [1.82, 2.24) is 15.1 Å². The zero-order valence-electron chi connectivity index (χ0n) is 15.1. The number of nitrogens with one attached hydrogen (secondary N) is 1. The minimum atomic E-state index is -0.284. The van der Waals surface area contributed by atoms with E-state index in [9.17, 15) is 4.79 Å². The number of carbonyl (C=O) groups is 1. The van der Waals surface area contributed by atoms with Crippen molar-refractivity contribution in [3.63, 3.8) is 0 Å². The minimum Gasteiger partial charge on any atom is -0.459 e. The molecule has 0 unspecified atom stereocenters. The van der Waals surface area contributed by atoms with Crippen LogP contribution in [0.1, 0.15) is 10.6 Å². The lowest BCUT2D eigenvalue weighted by Crippen LogP contribution is -2.44. The summed E-state index contributed by atoms with van der Waals surface area (Å²) in [4.78, 5) is 16.7. The van der Waals surface area contributed by atoms with E-state index in [2.05, 4.69) is 32.4 Å². The van der Waals surface area contributed by atoms with E-state index >= 15 is 0 Å². The van der Waals surface area contributed by atoms with Gasteiger partial charge in [0.15, 0.2) is 11.6 Å². The first kappa shape index (κ1) is 17.2. The summed E-state index contributed by atoms with van der Waals surface area (Å²) in [6, 6.07) is 14.8. The summed E-state index contributed by atoms with van der Waals surface area (Å²) in [5.74, 6) is 0.888. The Morgan fingerprint density at radius 1 is 1.04 bits per heavy atom. The molecule has 7 nitrogen and oxygen atoms in total. The largest absolute Gasteiger partial charge is 0.459 e. The van der Waals surface area contributed by atoms with Crippen LogP contribution in [0.3, 0.4) is 0 Å². The highest BCUT2D eigenvalue weighted by molar-refractivity contribution is 6.02. The van der Waals surface area contributed by atoms with Crippen molar-refractivity contribution in [1.29, 1.82) is 0 Å². The topological polar surface area (TPSA) is 74.5 Å². The Kier molecular flexibility index (Phi) is 4.84. The molecule has 0 bridgehead atoms. The van der Waals surface area contributed by atoms with Crippen LogP contribution in [0, 0.1) is 0 Å². The minimum absolute atomic E-state index is 0.275. The van der Waals surface area contributed by atoms with Crippen LogP contribution in [0.25, 0.3) is 11.3 Å². The maximum Gasteiger partial charge on any atom is 0.291 e. The van der Waals surface area contributed by atoms with Gasteiger partial charge in [-0.25, -0.2) is 0 Å². The highest BCUT2D eigenvalue weighted by Gasteiger charge is 2.16. The van der Waals surface area contributed by atoms with E-state index in [0.717, 1.165) is 43.3 Å². The molecular formula is C20H21N5O2. The van der Waals surface area contributed by atoms with Gasteiger partial charge >= 0.3 is 0 Å². The number of rotatable bonds is 4. The number of anilines is 2. The van der Waals surface area contributed by atoms with Crippen LogP contribution in [0.2, 0.25) is 0 Å². The molecule has 0 saturated carbocycles.